The molecule has 4 aromatic rings. The van der Waals surface area contributed by atoms with Gasteiger partial charge in [0.2, 0.25) is 10.1 Å². The van der Waals surface area contributed by atoms with Gasteiger partial charge in [0.05, 0.1) is 19.0 Å². The molecule has 28 heavy (non-hydrogen) atoms. The Morgan fingerprint density at radius 3 is 2.64 bits per heavy atom. The highest BCUT2D eigenvalue weighted by molar-refractivity contribution is 7.20. The van der Waals surface area contributed by atoms with Gasteiger partial charge in [-0.15, -0.1) is 5.10 Å². The van der Waals surface area contributed by atoms with Crippen molar-refractivity contribution in [3.63, 3.8) is 0 Å². The third kappa shape index (κ3) is 3.16. The van der Waals surface area contributed by atoms with Crippen LogP contribution in [0.25, 0.3) is 16.2 Å². The topological polar surface area (TPSA) is 58.8 Å². The van der Waals surface area contributed by atoms with Crippen LogP contribution in [-0.4, -0.2) is 52.9 Å². The second kappa shape index (κ2) is 7.12. The summed E-state index contributed by atoms with van der Waals surface area (Å²) in [6.45, 7) is 3.78. The molecule has 0 bridgehead atoms. The molecular weight excluding hydrogens is 372 g/mol. The SMILES string of the molecule is COc1cccc(N2CCN(c3nn4cc(-c5cccnc5)nc4s3)CC2)c1. The first-order chi connectivity index (χ1) is 13.8. The Morgan fingerprint density at radius 1 is 1.04 bits per heavy atom. The number of benzene rings is 1. The van der Waals surface area contributed by atoms with Crippen molar-refractivity contribution in [2.45, 2.75) is 0 Å². The van der Waals surface area contributed by atoms with Gasteiger partial charge in [0.25, 0.3) is 0 Å². The van der Waals surface area contributed by atoms with Gasteiger partial charge in [0, 0.05) is 55.9 Å². The summed E-state index contributed by atoms with van der Waals surface area (Å²) in [5, 5.41) is 5.77. The number of ether oxygens (including phenoxy) is 1. The van der Waals surface area contributed by atoms with E-state index in [0.29, 0.717) is 0 Å². The van der Waals surface area contributed by atoms with Crippen LogP contribution >= 0.6 is 11.3 Å². The molecule has 4 heterocycles. The van der Waals surface area contributed by atoms with Crippen molar-refractivity contribution >= 4 is 27.1 Å². The van der Waals surface area contributed by atoms with E-state index in [0.717, 1.165) is 53.3 Å². The Balaban J connectivity index is 1.30. The maximum absolute atomic E-state index is 5.34. The molecule has 0 aliphatic carbocycles. The van der Waals surface area contributed by atoms with Gasteiger partial charge in [-0.2, -0.15) is 0 Å². The van der Waals surface area contributed by atoms with E-state index in [-0.39, 0.29) is 0 Å². The average molecular weight is 392 g/mol. The van der Waals surface area contributed by atoms with Crippen LogP contribution < -0.4 is 14.5 Å². The summed E-state index contributed by atoms with van der Waals surface area (Å²) < 4.78 is 7.22. The summed E-state index contributed by atoms with van der Waals surface area (Å²) in [5.41, 5.74) is 3.11. The van der Waals surface area contributed by atoms with E-state index in [1.54, 1.807) is 24.6 Å². The van der Waals surface area contributed by atoms with Gasteiger partial charge in [0.15, 0.2) is 0 Å². The van der Waals surface area contributed by atoms with Crippen LogP contribution in [0.15, 0.2) is 55.0 Å². The van der Waals surface area contributed by atoms with Crippen molar-refractivity contribution in [1.82, 2.24) is 19.6 Å². The predicted molar refractivity (Wildman–Crippen MR) is 112 cm³/mol. The zero-order valence-electron chi connectivity index (χ0n) is 15.5. The Bertz CT molecular complexity index is 1050. The number of hydrogen-bond acceptors (Lipinski definition) is 7. The molecule has 7 nitrogen and oxygen atoms in total. The normalized spacial score (nSPS) is 14.6. The smallest absolute Gasteiger partial charge is 0.214 e. The fourth-order valence-electron chi connectivity index (χ4n) is 3.43. The maximum atomic E-state index is 5.34. The molecule has 1 aliphatic heterocycles. The summed E-state index contributed by atoms with van der Waals surface area (Å²) >= 11 is 1.63. The Labute approximate surface area is 166 Å². The van der Waals surface area contributed by atoms with Crippen LogP contribution in [0.5, 0.6) is 5.75 Å². The van der Waals surface area contributed by atoms with Gasteiger partial charge in [-0.05, 0) is 24.3 Å². The monoisotopic (exact) mass is 392 g/mol. The molecule has 0 spiro atoms. The lowest BCUT2D eigenvalue weighted by atomic mass is 10.2. The van der Waals surface area contributed by atoms with E-state index in [9.17, 15) is 0 Å². The Kier molecular flexibility index (Phi) is 4.32. The standard InChI is InChI=1S/C20H20N6OS/c1-27-17-6-2-5-16(12-17)24-8-10-25(11-9-24)20-23-26-14-18(22-19(26)28-20)15-4-3-7-21-13-15/h2-7,12-14H,8-11H2,1H3. The fourth-order valence-corrected chi connectivity index (χ4v) is 4.37. The Hall–Kier alpha value is -3.13. The lowest BCUT2D eigenvalue weighted by Gasteiger charge is -2.35. The number of piperazine rings is 1. The summed E-state index contributed by atoms with van der Waals surface area (Å²) in [4.78, 5) is 14.5. The summed E-state index contributed by atoms with van der Waals surface area (Å²) in [6, 6.07) is 12.2. The molecule has 0 unspecified atom stereocenters. The van der Waals surface area contributed by atoms with Crippen LogP contribution in [0.1, 0.15) is 0 Å². The molecule has 0 atom stereocenters. The van der Waals surface area contributed by atoms with E-state index in [1.807, 2.05) is 41.2 Å². The highest BCUT2D eigenvalue weighted by Crippen LogP contribution is 2.28. The molecule has 0 N–H and O–H groups in total. The van der Waals surface area contributed by atoms with Gasteiger partial charge in [-0.3, -0.25) is 4.98 Å². The van der Waals surface area contributed by atoms with Gasteiger partial charge < -0.3 is 14.5 Å². The number of nitrogens with zero attached hydrogens (tertiary/aromatic N) is 6. The number of hydrogen-bond donors (Lipinski definition) is 0. The highest BCUT2D eigenvalue weighted by Gasteiger charge is 2.21. The molecule has 1 aromatic carbocycles. The third-order valence-corrected chi connectivity index (χ3v) is 5.94. The molecule has 142 valence electrons. The predicted octanol–water partition coefficient (Wildman–Crippen LogP) is 3.19. The number of imidazole rings is 1. The van der Waals surface area contributed by atoms with Crippen molar-refractivity contribution in [3.05, 3.63) is 55.0 Å². The zero-order chi connectivity index (χ0) is 18.9. The van der Waals surface area contributed by atoms with Gasteiger partial charge in [0.1, 0.15) is 5.75 Å². The zero-order valence-corrected chi connectivity index (χ0v) is 16.3. The first-order valence-electron chi connectivity index (χ1n) is 9.21. The molecule has 0 amide bonds. The fraction of sp³-hybridized carbons (Fsp3) is 0.250. The first kappa shape index (κ1) is 17.0. The van der Waals surface area contributed by atoms with Crippen LogP contribution in [0, 0.1) is 0 Å². The highest BCUT2D eigenvalue weighted by atomic mass is 32.1. The number of anilines is 2. The van der Waals surface area contributed by atoms with Crippen molar-refractivity contribution in [2.24, 2.45) is 0 Å². The molecule has 8 heteroatoms. The minimum Gasteiger partial charge on any atom is -0.497 e. The maximum Gasteiger partial charge on any atom is 0.214 e. The van der Waals surface area contributed by atoms with E-state index in [1.165, 1.54) is 5.69 Å². The van der Waals surface area contributed by atoms with E-state index >= 15 is 0 Å². The first-order valence-corrected chi connectivity index (χ1v) is 10.0. The number of rotatable bonds is 4. The minimum atomic E-state index is 0.894. The molecular formula is C20H20N6OS. The number of pyridine rings is 1. The second-order valence-electron chi connectivity index (χ2n) is 6.66. The van der Waals surface area contributed by atoms with Gasteiger partial charge >= 0.3 is 0 Å². The quantitative estimate of drug-likeness (QED) is 0.532. The third-order valence-electron chi connectivity index (χ3n) is 4.96. The molecule has 1 saturated heterocycles. The molecule has 5 rings (SSSR count). The molecule has 0 saturated carbocycles. The van der Waals surface area contributed by atoms with Crippen LogP contribution in [-0.2, 0) is 0 Å². The second-order valence-corrected chi connectivity index (χ2v) is 7.59. The Morgan fingerprint density at radius 2 is 1.89 bits per heavy atom. The minimum absolute atomic E-state index is 0.894. The van der Waals surface area contributed by atoms with Crippen LogP contribution in [0.4, 0.5) is 10.8 Å². The van der Waals surface area contributed by atoms with Crippen LogP contribution in [0.2, 0.25) is 0 Å². The molecule has 3 aromatic heterocycles. The average Bonchev–Trinajstić information content (AvgIpc) is 3.34. The molecule has 1 aliphatic rings. The van der Waals surface area contributed by atoms with E-state index in [4.69, 9.17) is 14.8 Å². The lowest BCUT2D eigenvalue weighted by molar-refractivity contribution is 0.414. The van der Waals surface area contributed by atoms with Crippen LogP contribution in [0.3, 0.4) is 0 Å². The van der Waals surface area contributed by atoms with Crippen molar-refractivity contribution in [1.29, 1.82) is 0 Å². The molecule has 1 fully saturated rings. The molecule has 0 radical (unpaired) electrons. The van der Waals surface area contributed by atoms with Crippen molar-refractivity contribution in [2.75, 3.05) is 43.1 Å². The van der Waals surface area contributed by atoms with Gasteiger partial charge in [-0.25, -0.2) is 9.50 Å². The number of fused-ring (bicyclic) bond motifs is 1. The largest absolute Gasteiger partial charge is 0.497 e. The lowest BCUT2D eigenvalue weighted by Crippen LogP contribution is -2.46. The summed E-state index contributed by atoms with van der Waals surface area (Å²) in [5.74, 6) is 0.894. The summed E-state index contributed by atoms with van der Waals surface area (Å²) in [6.07, 6.45) is 5.56. The number of methoxy groups -OCH3 is 1. The number of aromatic nitrogens is 4. The van der Waals surface area contributed by atoms with Crippen molar-refractivity contribution in [3.8, 4) is 17.0 Å². The van der Waals surface area contributed by atoms with Gasteiger partial charge in [-0.1, -0.05) is 17.4 Å². The van der Waals surface area contributed by atoms with E-state index in [2.05, 4.69) is 26.9 Å². The summed E-state index contributed by atoms with van der Waals surface area (Å²) in [7, 11) is 1.70. The van der Waals surface area contributed by atoms with E-state index < -0.39 is 0 Å². The van der Waals surface area contributed by atoms with Crippen molar-refractivity contribution < 1.29 is 4.74 Å².